The normalized spacial score (nSPS) is 21.4. The first kappa shape index (κ1) is 12.3. The van der Waals surface area contributed by atoms with Gasteiger partial charge in [0.25, 0.3) is 0 Å². The Bertz CT molecular complexity index is 364. The van der Waals surface area contributed by atoms with Crippen molar-refractivity contribution < 1.29 is 4.79 Å². The quantitative estimate of drug-likeness (QED) is 0.801. The number of piperidine rings is 1. The second kappa shape index (κ2) is 5.94. The van der Waals surface area contributed by atoms with E-state index in [2.05, 4.69) is 4.90 Å². The Morgan fingerprint density at radius 2 is 2.12 bits per heavy atom. The molecule has 0 aliphatic carbocycles. The Morgan fingerprint density at radius 3 is 2.82 bits per heavy atom. The highest BCUT2D eigenvalue weighted by Gasteiger charge is 2.20. The lowest BCUT2D eigenvalue weighted by molar-refractivity contribution is 0.0889. The molecule has 1 aromatic carbocycles. The number of Topliss-reactive ketones (excluding diaryl/α,β-unsaturated/α-hetero) is 1. The Labute approximate surface area is 103 Å². The lowest BCUT2D eigenvalue weighted by atomic mass is 9.98. The number of ketones is 1. The number of rotatable bonds is 4. The van der Waals surface area contributed by atoms with Gasteiger partial charge in [0.15, 0.2) is 5.78 Å². The molecule has 0 spiro atoms. The van der Waals surface area contributed by atoms with Gasteiger partial charge in [0.2, 0.25) is 0 Å². The minimum Gasteiger partial charge on any atom is -0.330 e. The summed E-state index contributed by atoms with van der Waals surface area (Å²) in [5, 5.41) is 0. The Hall–Kier alpha value is -1.19. The summed E-state index contributed by atoms with van der Waals surface area (Å²) in [6, 6.07) is 9.51. The number of carbonyl (C=O) groups excluding carboxylic acids is 1. The van der Waals surface area contributed by atoms with Gasteiger partial charge in [0.1, 0.15) is 0 Å². The fraction of sp³-hybridized carbons (Fsp3) is 0.500. The van der Waals surface area contributed by atoms with Crippen molar-refractivity contribution in [1.29, 1.82) is 0 Å². The fourth-order valence-electron chi connectivity index (χ4n) is 2.41. The second-order valence-electron chi connectivity index (χ2n) is 4.77. The minimum atomic E-state index is 0.211. The van der Waals surface area contributed by atoms with Gasteiger partial charge in [-0.25, -0.2) is 0 Å². The molecule has 0 bridgehead atoms. The number of nitrogens with two attached hydrogens (primary N) is 1. The first-order valence-electron chi connectivity index (χ1n) is 6.30. The maximum Gasteiger partial charge on any atom is 0.176 e. The van der Waals surface area contributed by atoms with Gasteiger partial charge in [0, 0.05) is 12.1 Å². The average molecular weight is 232 g/mol. The zero-order chi connectivity index (χ0) is 12.1. The van der Waals surface area contributed by atoms with Crippen LogP contribution >= 0.6 is 0 Å². The van der Waals surface area contributed by atoms with Crippen LogP contribution in [-0.2, 0) is 0 Å². The number of nitrogens with zero attached hydrogens (tertiary/aromatic N) is 1. The number of carbonyl (C=O) groups is 1. The molecule has 1 unspecified atom stereocenters. The summed E-state index contributed by atoms with van der Waals surface area (Å²) in [5.74, 6) is 0.774. The summed E-state index contributed by atoms with van der Waals surface area (Å²) in [7, 11) is 0. The third-order valence-electron chi connectivity index (χ3n) is 3.40. The molecule has 2 N–H and O–H groups in total. The first-order valence-corrected chi connectivity index (χ1v) is 6.30. The third kappa shape index (κ3) is 3.38. The van der Waals surface area contributed by atoms with E-state index in [1.165, 1.54) is 6.42 Å². The van der Waals surface area contributed by atoms with E-state index in [1.807, 2.05) is 30.3 Å². The number of hydrogen-bond acceptors (Lipinski definition) is 3. The van der Waals surface area contributed by atoms with Gasteiger partial charge in [-0.05, 0) is 31.8 Å². The van der Waals surface area contributed by atoms with E-state index in [9.17, 15) is 4.79 Å². The maximum atomic E-state index is 12.0. The molecule has 17 heavy (non-hydrogen) atoms. The molecule has 1 atom stereocenters. The van der Waals surface area contributed by atoms with Crippen LogP contribution in [-0.4, -0.2) is 36.9 Å². The summed E-state index contributed by atoms with van der Waals surface area (Å²) in [5.41, 5.74) is 6.50. The van der Waals surface area contributed by atoms with Crippen LogP contribution in [0.1, 0.15) is 23.2 Å². The molecule has 1 saturated heterocycles. The summed E-state index contributed by atoms with van der Waals surface area (Å²) >= 11 is 0. The molecule has 2 rings (SSSR count). The van der Waals surface area contributed by atoms with E-state index in [-0.39, 0.29) is 5.78 Å². The molecule has 1 aromatic rings. The van der Waals surface area contributed by atoms with Crippen LogP contribution in [0.2, 0.25) is 0 Å². The SMILES string of the molecule is NCC1CCCN(CC(=O)c2ccccc2)C1. The van der Waals surface area contributed by atoms with E-state index in [0.717, 1.165) is 31.6 Å². The Balaban J connectivity index is 1.90. The van der Waals surface area contributed by atoms with Gasteiger partial charge in [-0.2, -0.15) is 0 Å². The molecule has 1 aliphatic heterocycles. The lowest BCUT2D eigenvalue weighted by Gasteiger charge is -2.31. The van der Waals surface area contributed by atoms with Crippen LogP contribution in [0.3, 0.4) is 0 Å². The van der Waals surface area contributed by atoms with Crippen molar-refractivity contribution in [2.75, 3.05) is 26.2 Å². The van der Waals surface area contributed by atoms with Crippen molar-refractivity contribution in [3.05, 3.63) is 35.9 Å². The largest absolute Gasteiger partial charge is 0.330 e. The van der Waals surface area contributed by atoms with Crippen LogP contribution in [0.4, 0.5) is 0 Å². The standard InChI is InChI=1S/C14H20N2O/c15-9-12-5-4-8-16(10-12)11-14(17)13-6-2-1-3-7-13/h1-3,6-7,12H,4-5,8-11,15H2. The highest BCUT2D eigenvalue weighted by Crippen LogP contribution is 2.15. The van der Waals surface area contributed by atoms with E-state index < -0.39 is 0 Å². The molecule has 1 fully saturated rings. The van der Waals surface area contributed by atoms with Gasteiger partial charge >= 0.3 is 0 Å². The van der Waals surface area contributed by atoms with Crippen molar-refractivity contribution in [2.24, 2.45) is 11.7 Å². The highest BCUT2D eigenvalue weighted by atomic mass is 16.1. The molecule has 3 heteroatoms. The zero-order valence-corrected chi connectivity index (χ0v) is 10.1. The van der Waals surface area contributed by atoms with Crippen molar-refractivity contribution in [3.8, 4) is 0 Å². The van der Waals surface area contributed by atoms with Crippen LogP contribution in [0.5, 0.6) is 0 Å². The molecule has 0 amide bonds. The Kier molecular flexibility index (Phi) is 4.29. The lowest BCUT2D eigenvalue weighted by Crippen LogP contribution is -2.41. The summed E-state index contributed by atoms with van der Waals surface area (Å²) < 4.78 is 0. The number of likely N-dealkylation sites (tertiary alicyclic amines) is 1. The minimum absolute atomic E-state index is 0.211. The smallest absolute Gasteiger partial charge is 0.176 e. The van der Waals surface area contributed by atoms with Crippen LogP contribution in [0.25, 0.3) is 0 Å². The molecule has 0 saturated carbocycles. The molecule has 1 heterocycles. The highest BCUT2D eigenvalue weighted by molar-refractivity contribution is 5.97. The van der Waals surface area contributed by atoms with Crippen molar-refractivity contribution in [2.45, 2.75) is 12.8 Å². The molecule has 0 aromatic heterocycles. The van der Waals surface area contributed by atoms with Gasteiger partial charge < -0.3 is 5.73 Å². The molecular weight excluding hydrogens is 212 g/mol. The van der Waals surface area contributed by atoms with E-state index >= 15 is 0 Å². The van der Waals surface area contributed by atoms with Crippen molar-refractivity contribution in [1.82, 2.24) is 4.90 Å². The predicted octanol–water partition coefficient (Wildman–Crippen LogP) is 1.54. The maximum absolute atomic E-state index is 12.0. The predicted molar refractivity (Wildman–Crippen MR) is 69.0 cm³/mol. The molecule has 0 radical (unpaired) electrons. The van der Waals surface area contributed by atoms with Crippen LogP contribution in [0, 0.1) is 5.92 Å². The summed E-state index contributed by atoms with van der Waals surface area (Å²) in [6.45, 7) is 3.25. The van der Waals surface area contributed by atoms with Crippen LogP contribution in [0.15, 0.2) is 30.3 Å². The van der Waals surface area contributed by atoms with Crippen molar-refractivity contribution >= 4 is 5.78 Å². The number of hydrogen-bond donors (Lipinski definition) is 1. The fourth-order valence-corrected chi connectivity index (χ4v) is 2.41. The molecule has 1 aliphatic rings. The summed E-state index contributed by atoms with van der Waals surface area (Å²) in [4.78, 5) is 14.3. The average Bonchev–Trinajstić information content (AvgIpc) is 2.40. The third-order valence-corrected chi connectivity index (χ3v) is 3.40. The van der Waals surface area contributed by atoms with Crippen LogP contribution < -0.4 is 5.73 Å². The topological polar surface area (TPSA) is 46.3 Å². The summed E-state index contributed by atoms with van der Waals surface area (Å²) in [6.07, 6.45) is 2.36. The molecule has 92 valence electrons. The molecule has 3 nitrogen and oxygen atoms in total. The monoisotopic (exact) mass is 232 g/mol. The van der Waals surface area contributed by atoms with E-state index in [1.54, 1.807) is 0 Å². The Morgan fingerprint density at radius 1 is 1.35 bits per heavy atom. The first-order chi connectivity index (χ1) is 8.29. The van der Waals surface area contributed by atoms with Crippen molar-refractivity contribution in [3.63, 3.8) is 0 Å². The molecular formula is C14H20N2O. The van der Waals surface area contributed by atoms with Gasteiger partial charge in [0.05, 0.1) is 6.54 Å². The van der Waals surface area contributed by atoms with E-state index in [4.69, 9.17) is 5.73 Å². The van der Waals surface area contributed by atoms with Gasteiger partial charge in [-0.3, -0.25) is 9.69 Å². The zero-order valence-electron chi connectivity index (χ0n) is 10.1. The van der Waals surface area contributed by atoms with Gasteiger partial charge in [-0.1, -0.05) is 30.3 Å². The number of benzene rings is 1. The second-order valence-corrected chi connectivity index (χ2v) is 4.77. The van der Waals surface area contributed by atoms with E-state index in [0.29, 0.717) is 12.5 Å². The van der Waals surface area contributed by atoms with Gasteiger partial charge in [-0.15, -0.1) is 0 Å².